The number of methoxy groups -OCH3 is 1. The average Bonchev–Trinajstić information content (AvgIpc) is 2.62. The van der Waals surface area contributed by atoms with Gasteiger partial charge in [0.25, 0.3) is 0 Å². The Labute approximate surface area is 154 Å². The molecule has 3 rings (SSSR count). The quantitative estimate of drug-likeness (QED) is 0.515. The second-order valence-corrected chi connectivity index (χ2v) is 5.69. The fraction of sp³-hybridized carbons (Fsp3) is 0.150. The zero-order chi connectivity index (χ0) is 19.6. The Bertz CT molecular complexity index is 1080. The van der Waals surface area contributed by atoms with Gasteiger partial charge in [0.1, 0.15) is 17.1 Å². The summed E-state index contributed by atoms with van der Waals surface area (Å²) < 4.78 is 21.0. The third-order valence-electron chi connectivity index (χ3n) is 3.68. The summed E-state index contributed by atoms with van der Waals surface area (Å²) in [6.45, 7) is 2.42. The van der Waals surface area contributed by atoms with Gasteiger partial charge in [0.15, 0.2) is 16.9 Å². The van der Waals surface area contributed by atoms with Crippen molar-refractivity contribution >= 4 is 22.9 Å². The Morgan fingerprint density at radius 2 is 1.48 bits per heavy atom. The van der Waals surface area contributed by atoms with E-state index < -0.39 is 11.9 Å². The molecule has 0 spiro atoms. The summed E-state index contributed by atoms with van der Waals surface area (Å²) in [4.78, 5) is 35.2. The molecule has 138 valence electrons. The first kappa shape index (κ1) is 18.2. The number of esters is 2. The Morgan fingerprint density at radius 1 is 0.889 bits per heavy atom. The van der Waals surface area contributed by atoms with E-state index in [0.29, 0.717) is 17.1 Å². The summed E-state index contributed by atoms with van der Waals surface area (Å²) in [5.41, 5.74) is 0.540. The minimum absolute atomic E-state index is 0.0137. The van der Waals surface area contributed by atoms with Gasteiger partial charge in [-0.05, 0) is 30.3 Å². The van der Waals surface area contributed by atoms with Crippen LogP contribution < -0.4 is 19.6 Å². The van der Waals surface area contributed by atoms with E-state index in [4.69, 9.17) is 18.6 Å². The monoisotopic (exact) mass is 368 g/mol. The van der Waals surface area contributed by atoms with Crippen LogP contribution in [0, 0.1) is 0 Å². The molecule has 0 aliphatic heterocycles. The van der Waals surface area contributed by atoms with Crippen molar-refractivity contribution in [2.45, 2.75) is 13.8 Å². The Kier molecular flexibility index (Phi) is 4.94. The highest BCUT2D eigenvalue weighted by Crippen LogP contribution is 2.33. The maximum atomic E-state index is 12.5. The van der Waals surface area contributed by atoms with Crippen LogP contribution in [-0.2, 0) is 9.59 Å². The third kappa shape index (κ3) is 3.98. The maximum absolute atomic E-state index is 12.5. The van der Waals surface area contributed by atoms with Crippen molar-refractivity contribution in [3.63, 3.8) is 0 Å². The van der Waals surface area contributed by atoms with Crippen molar-refractivity contribution in [2.24, 2.45) is 0 Å². The highest BCUT2D eigenvalue weighted by molar-refractivity contribution is 5.85. The van der Waals surface area contributed by atoms with Gasteiger partial charge < -0.3 is 18.6 Å². The van der Waals surface area contributed by atoms with Gasteiger partial charge in [-0.1, -0.05) is 0 Å². The number of hydrogen-bond acceptors (Lipinski definition) is 7. The van der Waals surface area contributed by atoms with Crippen molar-refractivity contribution in [3.05, 3.63) is 52.7 Å². The van der Waals surface area contributed by atoms with E-state index in [1.165, 1.54) is 32.0 Å². The predicted molar refractivity (Wildman–Crippen MR) is 97.1 cm³/mol. The summed E-state index contributed by atoms with van der Waals surface area (Å²) in [5, 5.41) is 0.194. The SMILES string of the molecule is COc1ccc(-c2cc(=O)c3cc(OC(C)=O)c(OC(C)=O)cc3o2)cc1. The van der Waals surface area contributed by atoms with Gasteiger partial charge in [-0.15, -0.1) is 0 Å². The van der Waals surface area contributed by atoms with Crippen LogP contribution >= 0.6 is 0 Å². The average molecular weight is 368 g/mol. The Balaban J connectivity index is 2.16. The molecule has 1 aromatic heterocycles. The lowest BCUT2D eigenvalue weighted by Crippen LogP contribution is -2.09. The topological polar surface area (TPSA) is 92.0 Å². The Morgan fingerprint density at radius 3 is 2.04 bits per heavy atom. The van der Waals surface area contributed by atoms with Gasteiger partial charge in [0, 0.05) is 31.5 Å². The number of fused-ring (bicyclic) bond motifs is 1. The molecular weight excluding hydrogens is 352 g/mol. The number of hydrogen-bond donors (Lipinski definition) is 0. The van der Waals surface area contributed by atoms with Crippen LogP contribution in [0.4, 0.5) is 0 Å². The lowest BCUT2D eigenvalue weighted by molar-refractivity contribution is -0.134. The third-order valence-corrected chi connectivity index (χ3v) is 3.68. The van der Waals surface area contributed by atoms with E-state index in [1.54, 1.807) is 31.4 Å². The molecule has 7 heteroatoms. The number of carbonyl (C=O) groups excluding carboxylic acids is 2. The Hall–Kier alpha value is -3.61. The van der Waals surface area contributed by atoms with Crippen LogP contribution in [0.25, 0.3) is 22.3 Å². The molecule has 0 N–H and O–H groups in total. The fourth-order valence-corrected chi connectivity index (χ4v) is 2.53. The van der Waals surface area contributed by atoms with Crippen LogP contribution in [0.1, 0.15) is 13.8 Å². The fourth-order valence-electron chi connectivity index (χ4n) is 2.53. The van der Waals surface area contributed by atoms with Gasteiger partial charge in [-0.3, -0.25) is 14.4 Å². The van der Waals surface area contributed by atoms with E-state index in [-0.39, 0.29) is 27.9 Å². The number of benzene rings is 2. The summed E-state index contributed by atoms with van der Waals surface area (Å²) in [7, 11) is 1.56. The van der Waals surface area contributed by atoms with Gasteiger partial charge in [0.05, 0.1) is 12.5 Å². The van der Waals surface area contributed by atoms with Crippen LogP contribution in [-0.4, -0.2) is 19.0 Å². The first-order chi connectivity index (χ1) is 12.9. The second kappa shape index (κ2) is 7.33. The number of rotatable bonds is 4. The lowest BCUT2D eigenvalue weighted by Gasteiger charge is -2.10. The summed E-state index contributed by atoms with van der Waals surface area (Å²) >= 11 is 0. The van der Waals surface area contributed by atoms with Gasteiger partial charge >= 0.3 is 11.9 Å². The minimum Gasteiger partial charge on any atom is -0.497 e. The maximum Gasteiger partial charge on any atom is 0.308 e. The molecule has 0 saturated carbocycles. The van der Waals surface area contributed by atoms with Gasteiger partial charge in [0.2, 0.25) is 0 Å². The molecule has 0 aliphatic carbocycles. The van der Waals surface area contributed by atoms with Crippen molar-refractivity contribution in [2.75, 3.05) is 7.11 Å². The largest absolute Gasteiger partial charge is 0.497 e. The normalized spacial score (nSPS) is 10.5. The van der Waals surface area contributed by atoms with Crippen molar-refractivity contribution < 1.29 is 28.2 Å². The molecule has 2 aromatic carbocycles. The van der Waals surface area contributed by atoms with Gasteiger partial charge in [-0.2, -0.15) is 0 Å². The molecule has 27 heavy (non-hydrogen) atoms. The first-order valence-corrected chi connectivity index (χ1v) is 8.00. The van der Waals surface area contributed by atoms with E-state index >= 15 is 0 Å². The van der Waals surface area contributed by atoms with Crippen LogP contribution in [0.2, 0.25) is 0 Å². The molecule has 0 bridgehead atoms. The van der Waals surface area contributed by atoms with Crippen molar-refractivity contribution in [1.82, 2.24) is 0 Å². The summed E-state index contributed by atoms with van der Waals surface area (Å²) in [5.74, 6) is -0.248. The molecule has 7 nitrogen and oxygen atoms in total. The van der Waals surface area contributed by atoms with Crippen LogP contribution in [0.3, 0.4) is 0 Å². The smallest absolute Gasteiger partial charge is 0.308 e. The molecule has 0 atom stereocenters. The molecule has 0 radical (unpaired) electrons. The van der Waals surface area contributed by atoms with Crippen LogP contribution in [0.15, 0.2) is 51.7 Å². The molecule has 0 amide bonds. The highest BCUT2D eigenvalue weighted by atomic mass is 16.6. The zero-order valence-corrected chi connectivity index (χ0v) is 14.9. The van der Waals surface area contributed by atoms with E-state index in [2.05, 4.69) is 0 Å². The highest BCUT2D eigenvalue weighted by Gasteiger charge is 2.16. The molecular formula is C20H16O7. The molecule has 0 fully saturated rings. The molecule has 0 unspecified atom stereocenters. The summed E-state index contributed by atoms with van der Waals surface area (Å²) in [6.07, 6.45) is 0. The van der Waals surface area contributed by atoms with Crippen LogP contribution in [0.5, 0.6) is 17.2 Å². The molecule has 3 aromatic rings. The van der Waals surface area contributed by atoms with E-state index in [0.717, 1.165) is 0 Å². The number of carbonyl (C=O) groups is 2. The standard InChI is InChI=1S/C20H16O7/c1-11(21)25-19-8-15-16(23)9-17(13-4-6-14(24-3)7-5-13)27-18(15)10-20(19)26-12(2)22/h4-10H,1-3H3. The second-order valence-electron chi connectivity index (χ2n) is 5.69. The van der Waals surface area contributed by atoms with Crippen molar-refractivity contribution in [3.8, 4) is 28.6 Å². The minimum atomic E-state index is -0.609. The zero-order valence-electron chi connectivity index (χ0n) is 14.9. The van der Waals surface area contributed by atoms with Crippen molar-refractivity contribution in [1.29, 1.82) is 0 Å². The summed E-state index contributed by atoms with van der Waals surface area (Å²) in [6, 6.07) is 11.0. The molecule has 0 saturated heterocycles. The predicted octanol–water partition coefficient (Wildman–Crippen LogP) is 3.32. The first-order valence-electron chi connectivity index (χ1n) is 8.00. The number of ether oxygens (including phenoxy) is 3. The molecule has 1 heterocycles. The lowest BCUT2D eigenvalue weighted by atomic mass is 10.1. The van der Waals surface area contributed by atoms with E-state index in [9.17, 15) is 14.4 Å². The molecule has 0 aliphatic rings. The van der Waals surface area contributed by atoms with Gasteiger partial charge in [-0.25, -0.2) is 0 Å². The van der Waals surface area contributed by atoms with E-state index in [1.807, 2.05) is 0 Å².